The topological polar surface area (TPSA) is 41.6 Å². The molecule has 18 heavy (non-hydrogen) atoms. The van der Waals surface area contributed by atoms with Gasteiger partial charge in [0.25, 0.3) is 0 Å². The maximum absolute atomic E-state index is 4.56. The zero-order chi connectivity index (χ0) is 12.7. The number of fused-ring (bicyclic) bond motifs is 1. The molecule has 2 aromatic heterocycles. The van der Waals surface area contributed by atoms with E-state index in [9.17, 15) is 0 Å². The molecule has 0 aliphatic heterocycles. The van der Waals surface area contributed by atoms with Gasteiger partial charge < -0.3 is 4.98 Å². The van der Waals surface area contributed by atoms with Crippen LogP contribution in [0.3, 0.4) is 0 Å². The fourth-order valence-corrected chi connectivity index (χ4v) is 2.12. The van der Waals surface area contributed by atoms with E-state index < -0.39 is 0 Å². The molecule has 3 rings (SSSR count). The van der Waals surface area contributed by atoms with Crippen LogP contribution >= 0.6 is 0 Å². The van der Waals surface area contributed by atoms with Gasteiger partial charge in [0.15, 0.2) is 5.65 Å². The van der Waals surface area contributed by atoms with Crippen LogP contribution in [0.5, 0.6) is 0 Å². The molecular formula is C15H15N3. The predicted molar refractivity (Wildman–Crippen MR) is 73.5 cm³/mol. The van der Waals surface area contributed by atoms with Gasteiger partial charge in [0.05, 0.1) is 5.52 Å². The third-order valence-corrected chi connectivity index (χ3v) is 3.12. The molecule has 0 saturated heterocycles. The summed E-state index contributed by atoms with van der Waals surface area (Å²) < 4.78 is 0. The summed E-state index contributed by atoms with van der Waals surface area (Å²) in [6.45, 7) is 6.22. The molecule has 90 valence electrons. The van der Waals surface area contributed by atoms with Crippen LogP contribution in [-0.2, 0) is 0 Å². The number of imidazole rings is 1. The average molecular weight is 237 g/mol. The Morgan fingerprint density at radius 2 is 1.83 bits per heavy atom. The van der Waals surface area contributed by atoms with Gasteiger partial charge >= 0.3 is 0 Å². The van der Waals surface area contributed by atoms with Crippen molar-refractivity contribution < 1.29 is 0 Å². The first-order chi connectivity index (χ1) is 8.63. The zero-order valence-corrected chi connectivity index (χ0v) is 10.8. The summed E-state index contributed by atoms with van der Waals surface area (Å²) in [6, 6.07) is 8.46. The molecule has 0 saturated carbocycles. The minimum absolute atomic E-state index is 0.775. The van der Waals surface area contributed by atoms with Gasteiger partial charge in [-0.2, -0.15) is 0 Å². The maximum atomic E-state index is 4.56. The second-order valence-corrected chi connectivity index (χ2v) is 4.79. The first-order valence-corrected chi connectivity index (χ1v) is 6.03. The van der Waals surface area contributed by atoms with Gasteiger partial charge in [0, 0.05) is 11.8 Å². The Balaban J connectivity index is 2.22. The van der Waals surface area contributed by atoms with Crippen molar-refractivity contribution in [3.63, 3.8) is 0 Å². The first-order valence-electron chi connectivity index (χ1n) is 6.03. The molecule has 0 radical (unpaired) electrons. The number of aromatic amines is 1. The lowest BCUT2D eigenvalue weighted by molar-refractivity contribution is 1.26. The fraction of sp³-hybridized carbons (Fsp3) is 0.200. The summed E-state index contributed by atoms with van der Waals surface area (Å²) in [5.74, 6) is 0.893. The Hall–Kier alpha value is -2.16. The van der Waals surface area contributed by atoms with Crippen molar-refractivity contribution in [3.8, 4) is 11.4 Å². The van der Waals surface area contributed by atoms with Crippen LogP contribution in [0.2, 0.25) is 0 Å². The highest BCUT2D eigenvalue weighted by molar-refractivity contribution is 5.77. The SMILES string of the molecule is Cc1ccc(C)c(-c2nc3ncc(C)cc3[nH]2)c1. The highest BCUT2D eigenvalue weighted by atomic mass is 15.0. The molecule has 3 aromatic rings. The molecule has 3 heteroatoms. The number of hydrogen-bond acceptors (Lipinski definition) is 2. The van der Waals surface area contributed by atoms with E-state index in [1.54, 1.807) is 0 Å². The molecule has 0 aliphatic rings. The minimum atomic E-state index is 0.775. The van der Waals surface area contributed by atoms with Gasteiger partial charge in [0.2, 0.25) is 0 Å². The second-order valence-electron chi connectivity index (χ2n) is 4.79. The lowest BCUT2D eigenvalue weighted by Crippen LogP contribution is -1.86. The third-order valence-electron chi connectivity index (χ3n) is 3.12. The monoisotopic (exact) mass is 237 g/mol. The van der Waals surface area contributed by atoms with Crippen LogP contribution in [0, 0.1) is 20.8 Å². The molecule has 1 N–H and O–H groups in total. The Bertz CT molecular complexity index is 726. The number of hydrogen-bond donors (Lipinski definition) is 1. The molecule has 0 spiro atoms. The van der Waals surface area contributed by atoms with Crippen LogP contribution < -0.4 is 0 Å². The molecule has 0 aliphatic carbocycles. The number of nitrogens with zero attached hydrogens (tertiary/aromatic N) is 2. The van der Waals surface area contributed by atoms with Crippen molar-refractivity contribution in [3.05, 3.63) is 47.2 Å². The summed E-state index contributed by atoms with van der Waals surface area (Å²) >= 11 is 0. The van der Waals surface area contributed by atoms with Crippen molar-refractivity contribution in [1.29, 1.82) is 0 Å². The number of aryl methyl sites for hydroxylation is 3. The van der Waals surface area contributed by atoms with Gasteiger partial charge in [-0.05, 0) is 44.0 Å². The Morgan fingerprint density at radius 3 is 2.67 bits per heavy atom. The molecule has 1 aromatic carbocycles. The van der Waals surface area contributed by atoms with E-state index >= 15 is 0 Å². The number of nitrogens with one attached hydrogen (secondary N) is 1. The maximum Gasteiger partial charge on any atom is 0.178 e. The van der Waals surface area contributed by atoms with Crippen LogP contribution in [0.1, 0.15) is 16.7 Å². The highest BCUT2D eigenvalue weighted by Gasteiger charge is 2.08. The number of pyridine rings is 1. The fourth-order valence-electron chi connectivity index (χ4n) is 2.12. The Kier molecular flexibility index (Phi) is 2.40. The van der Waals surface area contributed by atoms with Gasteiger partial charge in [-0.1, -0.05) is 17.7 Å². The van der Waals surface area contributed by atoms with Gasteiger partial charge in [0.1, 0.15) is 5.82 Å². The number of benzene rings is 1. The number of aromatic nitrogens is 3. The lowest BCUT2D eigenvalue weighted by Gasteiger charge is -2.03. The van der Waals surface area contributed by atoms with Gasteiger partial charge in [-0.3, -0.25) is 0 Å². The van der Waals surface area contributed by atoms with E-state index in [4.69, 9.17) is 0 Å². The summed E-state index contributed by atoms with van der Waals surface area (Å²) in [6.07, 6.45) is 1.84. The standard InChI is InChI=1S/C15H15N3/c1-9-4-5-11(3)12(6-9)14-17-13-7-10(2)8-16-15(13)18-14/h4-8H,1-3H3,(H,16,17,18). The van der Waals surface area contributed by atoms with E-state index in [1.165, 1.54) is 11.1 Å². The number of rotatable bonds is 1. The van der Waals surface area contributed by atoms with E-state index in [0.29, 0.717) is 0 Å². The zero-order valence-electron chi connectivity index (χ0n) is 10.8. The smallest absolute Gasteiger partial charge is 0.178 e. The Labute approximate surface area is 106 Å². The van der Waals surface area contributed by atoms with Gasteiger partial charge in [-0.25, -0.2) is 9.97 Å². The molecule has 0 bridgehead atoms. The van der Waals surface area contributed by atoms with E-state index in [1.807, 2.05) is 13.1 Å². The second kappa shape index (κ2) is 3.95. The minimum Gasteiger partial charge on any atom is -0.337 e. The average Bonchev–Trinajstić information content (AvgIpc) is 2.74. The van der Waals surface area contributed by atoms with Gasteiger partial charge in [-0.15, -0.1) is 0 Å². The summed E-state index contributed by atoms with van der Waals surface area (Å²) in [5, 5.41) is 0. The Morgan fingerprint density at radius 1 is 1.00 bits per heavy atom. The quantitative estimate of drug-likeness (QED) is 0.703. The lowest BCUT2D eigenvalue weighted by atomic mass is 10.1. The molecule has 0 atom stereocenters. The highest BCUT2D eigenvalue weighted by Crippen LogP contribution is 2.24. The van der Waals surface area contributed by atoms with Crippen molar-refractivity contribution >= 4 is 11.2 Å². The molecule has 2 heterocycles. The van der Waals surface area contributed by atoms with Crippen molar-refractivity contribution in [1.82, 2.24) is 15.0 Å². The van der Waals surface area contributed by atoms with Crippen LogP contribution in [0.15, 0.2) is 30.5 Å². The van der Waals surface area contributed by atoms with Crippen molar-refractivity contribution in [2.45, 2.75) is 20.8 Å². The van der Waals surface area contributed by atoms with Crippen LogP contribution in [0.4, 0.5) is 0 Å². The van der Waals surface area contributed by atoms with Crippen molar-refractivity contribution in [2.24, 2.45) is 0 Å². The first kappa shape index (κ1) is 11.0. The summed E-state index contributed by atoms with van der Waals surface area (Å²) in [4.78, 5) is 12.2. The molecule has 0 fully saturated rings. The normalized spacial score (nSPS) is 11.1. The van der Waals surface area contributed by atoms with E-state index in [0.717, 1.165) is 28.1 Å². The molecule has 0 unspecified atom stereocenters. The molecule has 0 amide bonds. The largest absolute Gasteiger partial charge is 0.337 e. The third kappa shape index (κ3) is 1.78. The molecule has 3 nitrogen and oxygen atoms in total. The number of H-pyrrole nitrogens is 1. The summed E-state index contributed by atoms with van der Waals surface area (Å²) in [7, 11) is 0. The van der Waals surface area contributed by atoms with E-state index in [2.05, 4.69) is 53.1 Å². The van der Waals surface area contributed by atoms with Crippen LogP contribution in [0.25, 0.3) is 22.6 Å². The predicted octanol–water partition coefficient (Wildman–Crippen LogP) is 3.55. The summed E-state index contributed by atoms with van der Waals surface area (Å²) in [5.41, 5.74) is 6.50. The van der Waals surface area contributed by atoms with E-state index in [-0.39, 0.29) is 0 Å². The van der Waals surface area contributed by atoms with Crippen LogP contribution in [-0.4, -0.2) is 15.0 Å². The van der Waals surface area contributed by atoms with Crippen molar-refractivity contribution in [2.75, 3.05) is 0 Å². The molecular weight excluding hydrogens is 222 g/mol.